The maximum absolute atomic E-state index is 9.97. The number of aromatic nitrogens is 2. The second kappa shape index (κ2) is 8.71. The van der Waals surface area contributed by atoms with Crippen LogP contribution in [0.15, 0.2) is 97.3 Å². The molecule has 33 heavy (non-hydrogen) atoms. The number of imidazole rings is 1. The zero-order chi connectivity index (χ0) is 22.8. The van der Waals surface area contributed by atoms with Gasteiger partial charge in [-0.2, -0.15) is 5.26 Å². The first-order chi connectivity index (χ1) is 16.2. The van der Waals surface area contributed by atoms with E-state index in [4.69, 9.17) is 15.0 Å². The molecule has 0 aliphatic carbocycles. The third-order valence-electron chi connectivity index (χ3n) is 5.70. The summed E-state index contributed by atoms with van der Waals surface area (Å²) in [5.41, 5.74) is 8.07. The van der Waals surface area contributed by atoms with E-state index >= 15 is 0 Å². The van der Waals surface area contributed by atoms with Crippen LogP contribution in [0.4, 0.5) is 0 Å². The summed E-state index contributed by atoms with van der Waals surface area (Å²) in [6, 6.07) is 29.6. The van der Waals surface area contributed by atoms with E-state index in [1.807, 2.05) is 89.5 Å². The lowest BCUT2D eigenvalue weighted by Gasteiger charge is -2.12. The van der Waals surface area contributed by atoms with Crippen LogP contribution >= 0.6 is 0 Å². The maximum atomic E-state index is 9.97. The van der Waals surface area contributed by atoms with Gasteiger partial charge in [0.2, 0.25) is 0 Å². The third-order valence-corrected chi connectivity index (χ3v) is 5.70. The molecule has 5 heteroatoms. The molecule has 3 aromatic carbocycles. The highest BCUT2D eigenvalue weighted by atomic mass is 16.6. The molecule has 2 heterocycles. The van der Waals surface area contributed by atoms with Gasteiger partial charge in [0.15, 0.2) is 6.29 Å². The summed E-state index contributed by atoms with van der Waals surface area (Å²) >= 11 is 0. The number of ether oxygens (including phenoxy) is 1. The first kappa shape index (κ1) is 20.7. The number of pyridine rings is 1. The van der Waals surface area contributed by atoms with Crippen molar-refractivity contribution in [2.45, 2.75) is 6.29 Å². The summed E-state index contributed by atoms with van der Waals surface area (Å²) < 4.78 is 7.06. The lowest BCUT2D eigenvalue weighted by Crippen LogP contribution is -1.99. The van der Waals surface area contributed by atoms with Crippen LogP contribution in [0.25, 0.3) is 39.2 Å². The highest BCUT2D eigenvalue weighted by Crippen LogP contribution is 2.32. The number of nitrogens with zero attached hydrogens (tertiary/aromatic N) is 3. The van der Waals surface area contributed by atoms with E-state index in [0.717, 1.165) is 39.2 Å². The number of hydrogen-bond donors (Lipinski definition) is 1. The Bertz CT molecular complexity index is 1450. The molecular formula is C28H21N3O2. The summed E-state index contributed by atoms with van der Waals surface area (Å²) in [5.74, 6) is 0. The number of nitriles is 1. The van der Waals surface area contributed by atoms with E-state index < -0.39 is 6.29 Å². The lowest BCUT2D eigenvalue weighted by molar-refractivity contribution is -0.0769. The maximum Gasteiger partial charge on any atom is 0.180 e. The SMILES string of the molecule is COC(O)c1ccc(-c2cc(-c3ccc(C#N)cc3)cn3cc(-c4ccccc4)nc23)cc1. The largest absolute Gasteiger partial charge is 0.364 e. The molecule has 0 bridgehead atoms. The van der Waals surface area contributed by atoms with Crippen molar-refractivity contribution in [3.63, 3.8) is 0 Å². The molecule has 5 nitrogen and oxygen atoms in total. The molecule has 5 aromatic rings. The van der Waals surface area contributed by atoms with Crippen LogP contribution in [0.2, 0.25) is 0 Å². The molecule has 0 spiro atoms. The van der Waals surface area contributed by atoms with Crippen molar-refractivity contribution in [2.24, 2.45) is 0 Å². The van der Waals surface area contributed by atoms with Crippen LogP contribution in [0.1, 0.15) is 17.4 Å². The van der Waals surface area contributed by atoms with Gasteiger partial charge in [0.05, 0.1) is 17.3 Å². The first-order valence-corrected chi connectivity index (χ1v) is 10.6. The van der Waals surface area contributed by atoms with Crippen LogP contribution in [-0.2, 0) is 4.74 Å². The Morgan fingerprint density at radius 2 is 1.55 bits per heavy atom. The molecule has 160 valence electrons. The van der Waals surface area contributed by atoms with Crippen LogP contribution in [0.5, 0.6) is 0 Å². The quantitative estimate of drug-likeness (QED) is 0.355. The fraction of sp³-hybridized carbons (Fsp3) is 0.0714. The molecule has 0 radical (unpaired) electrons. The van der Waals surface area contributed by atoms with Crippen molar-refractivity contribution in [3.8, 4) is 39.6 Å². The molecule has 1 atom stereocenters. The van der Waals surface area contributed by atoms with Crippen molar-refractivity contribution in [2.75, 3.05) is 7.11 Å². The zero-order valence-electron chi connectivity index (χ0n) is 18.0. The van der Waals surface area contributed by atoms with Gasteiger partial charge in [-0.1, -0.05) is 66.7 Å². The van der Waals surface area contributed by atoms with E-state index in [2.05, 4.69) is 18.3 Å². The van der Waals surface area contributed by atoms with Crippen molar-refractivity contribution in [1.82, 2.24) is 9.38 Å². The fourth-order valence-corrected chi connectivity index (χ4v) is 3.92. The van der Waals surface area contributed by atoms with Gasteiger partial charge in [-0.05, 0) is 34.9 Å². The number of hydrogen-bond acceptors (Lipinski definition) is 4. The zero-order valence-corrected chi connectivity index (χ0v) is 18.0. The minimum absolute atomic E-state index is 0.626. The van der Waals surface area contributed by atoms with Crippen LogP contribution in [-0.4, -0.2) is 21.6 Å². The Morgan fingerprint density at radius 1 is 0.848 bits per heavy atom. The molecule has 0 saturated heterocycles. The van der Waals surface area contributed by atoms with Crippen molar-refractivity contribution in [1.29, 1.82) is 5.26 Å². The van der Waals surface area contributed by atoms with E-state index in [1.54, 1.807) is 0 Å². The van der Waals surface area contributed by atoms with Crippen LogP contribution in [0, 0.1) is 11.3 Å². The number of aliphatic hydroxyl groups excluding tert-OH is 1. The molecule has 0 fully saturated rings. The fourth-order valence-electron chi connectivity index (χ4n) is 3.92. The van der Waals surface area contributed by atoms with E-state index in [-0.39, 0.29) is 0 Å². The van der Waals surface area contributed by atoms with Gasteiger partial charge >= 0.3 is 0 Å². The number of aliphatic hydroxyl groups is 1. The second-order valence-corrected chi connectivity index (χ2v) is 7.76. The van der Waals surface area contributed by atoms with Gasteiger partial charge in [0, 0.05) is 36.2 Å². The Hall–Kier alpha value is -4.24. The Balaban J connectivity index is 1.69. The van der Waals surface area contributed by atoms with Gasteiger partial charge in [-0.25, -0.2) is 4.98 Å². The minimum atomic E-state index is -0.958. The van der Waals surface area contributed by atoms with Crippen molar-refractivity contribution < 1.29 is 9.84 Å². The van der Waals surface area contributed by atoms with Gasteiger partial charge in [-0.3, -0.25) is 0 Å². The number of benzene rings is 3. The van der Waals surface area contributed by atoms with Gasteiger partial charge in [0.25, 0.3) is 0 Å². The number of methoxy groups -OCH3 is 1. The smallest absolute Gasteiger partial charge is 0.180 e. The van der Waals surface area contributed by atoms with Gasteiger partial charge in [0.1, 0.15) is 5.65 Å². The lowest BCUT2D eigenvalue weighted by atomic mass is 9.99. The van der Waals surface area contributed by atoms with Gasteiger partial charge in [-0.15, -0.1) is 0 Å². The molecular weight excluding hydrogens is 410 g/mol. The number of fused-ring (bicyclic) bond motifs is 1. The summed E-state index contributed by atoms with van der Waals surface area (Å²) in [7, 11) is 1.47. The summed E-state index contributed by atoms with van der Waals surface area (Å²) in [6.45, 7) is 0. The van der Waals surface area contributed by atoms with E-state index in [9.17, 15) is 5.11 Å². The normalized spacial score (nSPS) is 11.9. The highest BCUT2D eigenvalue weighted by Gasteiger charge is 2.14. The average molecular weight is 431 g/mol. The molecule has 0 saturated carbocycles. The Morgan fingerprint density at radius 3 is 2.21 bits per heavy atom. The third kappa shape index (κ3) is 4.01. The summed E-state index contributed by atoms with van der Waals surface area (Å²) in [5, 5.41) is 19.1. The molecule has 5 rings (SSSR count). The monoisotopic (exact) mass is 431 g/mol. The van der Waals surface area contributed by atoms with Crippen molar-refractivity contribution in [3.05, 3.63) is 108 Å². The highest BCUT2D eigenvalue weighted by molar-refractivity contribution is 5.84. The van der Waals surface area contributed by atoms with Gasteiger partial charge < -0.3 is 14.2 Å². The standard InChI is InChI=1S/C28H21N3O2/c1-33-28(32)23-13-11-21(12-14-23)25-15-24(20-9-7-19(16-29)8-10-20)17-31-18-26(30-27(25)31)22-5-3-2-4-6-22/h2-15,17-18,28,32H,1H3. The number of rotatable bonds is 5. The Labute approximate surface area is 191 Å². The van der Waals surface area contributed by atoms with E-state index in [0.29, 0.717) is 11.1 Å². The van der Waals surface area contributed by atoms with Crippen LogP contribution in [0.3, 0.4) is 0 Å². The molecule has 2 aromatic heterocycles. The second-order valence-electron chi connectivity index (χ2n) is 7.76. The topological polar surface area (TPSA) is 70.5 Å². The molecule has 1 unspecified atom stereocenters. The summed E-state index contributed by atoms with van der Waals surface area (Å²) in [6.07, 6.45) is 3.13. The Kier molecular flexibility index (Phi) is 5.45. The summed E-state index contributed by atoms with van der Waals surface area (Å²) in [4.78, 5) is 4.94. The average Bonchev–Trinajstić information content (AvgIpc) is 3.33. The molecule has 0 amide bonds. The van der Waals surface area contributed by atoms with E-state index in [1.165, 1.54) is 7.11 Å². The molecule has 0 aliphatic rings. The molecule has 1 N–H and O–H groups in total. The minimum Gasteiger partial charge on any atom is -0.364 e. The predicted octanol–water partition coefficient (Wildman–Crippen LogP) is 5.84. The molecule has 0 aliphatic heterocycles. The predicted molar refractivity (Wildman–Crippen MR) is 128 cm³/mol. The van der Waals surface area contributed by atoms with Crippen molar-refractivity contribution >= 4 is 5.65 Å². The van der Waals surface area contributed by atoms with Crippen LogP contribution < -0.4 is 0 Å². The first-order valence-electron chi connectivity index (χ1n) is 10.6.